The molecule has 0 aromatic rings. The molecule has 0 bridgehead atoms. The third-order valence-electron chi connectivity index (χ3n) is 1.46. The van der Waals surface area contributed by atoms with Crippen LogP contribution in [0.5, 0.6) is 0 Å². The summed E-state index contributed by atoms with van der Waals surface area (Å²) >= 11 is 0. The third-order valence-corrected chi connectivity index (χ3v) is 1.46. The van der Waals surface area contributed by atoms with Gasteiger partial charge in [-0.3, -0.25) is 14.8 Å². The Labute approximate surface area is 59.0 Å². The Morgan fingerprint density at radius 3 is 3.20 bits per heavy atom. The number of allylic oxidation sites excluding steroid dienone is 3. The predicted molar refractivity (Wildman–Crippen MR) is 39.3 cm³/mol. The van der Waals surface area contributed by atoms with Crippen molar-refractivity contribution in [3.63, 3.8) is 0 Å². The van der Waals surface area contributed by atoms with Gasteiger partial charge in [-0.15, -0.1) is 0 Å². The molecule has 0 saturated carbocycles. The summed E-state index contributed by atoms with van der Waals surface area (Å²) in [5.41, 5.74) is 2.25. The maximum Gasteiger partial charge on any atom is 1.00 e. The average molecular weight is 133 g/mol. The van der Waals surface area contributed by atoms with Crippen LogP contribution in [0, 0.1) is 0 Å². The Bertz CT molecular complexity index is 312. The molecule has 2 heterocycles. The van der Waals surface area contributed by atoms with Crippen LogP contribution >= 0.6 is 0 Å². The van der Waals surface area contributed by atoms with Crippen molar-refractivity contribution < 1.29 is 6.22 Å². The first-order valence-corrected chi connectivity index (χ1v) is 2.89. The quantitative estimate of drug-likeness (QED) is 0.483. The molecule has 0 atom stereocenters. The van der Waals surface area contributed by atoms with Gasteiger partial charge in [-0.2, -0.15) is 0 Å². The first kappa shape index (κ1) is 5.29. The van der Waals surface area contributed by atoms with Crippen molar-refractivity contribution >= 4 is 18.7 Å². The fraction of sp³-hybridized carbons (Fsp3) is 0. The smallest absolute Gasteiger partial charge is 0.296 e. The summed E-state index contributed by atoms with van der Waals surface area (Å²) in [7, 11) is 0. The summed E-state index contributed by atoms with van der Waals surface area (Å²) < 4.78 is 0. The van der Waals surface area contributed by atoms with E-state index in [4.69, 9.17) is 0 Å². The highest BCUT2D eigenvalue weighted by atomic mass is 16.1. The van der Waals surface area contributed by atoms with Crippen LogP contribution in [0.3, 0.4) is 0 Å². The molecule has 2 rings (SSSR count). The molecule has 0 aliphatic carbocycles. The van der Waals surface area contributed by atoms with Gasteiger partial charge >= 0.3 is 1.43 Å². The number of nitrogens with zero attached hydrogens (tertiary/aromatic N) is 2. The summed E-state index contributed by atoms with van der Waals surface area (Å²) in [6.07, 6.45) is 5.72. The van der Waals surface area contributed by atoms with Crippen molar-refractivity contribution in [3.05, 3.63) is 23.0 Å². The Morgan fingerprint density at radius 1 is 1.50 bits per heavy atom. The Balaban J connectivity index is 0.000000605. The van der Waals surface area contributed by atoms with Crippen molar-refractivity contribution in [2.45, 2.75) is 0 Å². The van der Waals surface area contributed by atoms with E-state index >= 15 is 0 Å². The number of hydrogen-bond donors (Lipinski definition) is 0. The van der Waals surface area contributed by atoms with E-state index < -0.39 is 0 Å². The number of aliphatic imine (C=N–C) groups is 2. The van der Waals surface area contributed by atoms with E-state index in [2.05, 4.69) is 9.98 Å². The second-order valence-electron chi connectivity index (χ2n) is 2.04. The molecule has 48 valence electrons. The monoisotopic (exact) mass is 133 g/mol. The average Bonchev–Trinajstić information content (AvgIpc) is 2.44. The van der Waals surface area contributed by atoms with Crippen LogP contribution in [-0.4, -0.2) is 18.7 Å². The molecule has 0 radical (unpaired) electrons. The first-order chi connectivity index (χ1) is 4.92. The van der Waals surface area contributed by atoms with Gasteiger partial charge in [-0.05, 0) is 0 Å². The van der Waals surface area contributed by atoms with Crippen LogP contribution in [-0.2, 0) is 4.79 Å². The zero-order valence-electron chi connectivity index (χ0n) is 6.11. The van der Waals surface area contributed by atoms with Gasteiger partial charge < -0.3 is 0 Å². The zero-order valence-corrected chi connectivity index (χ0v) is 5.11. The van der Waals surface area contributed by atoms with Crippen molar-refractivity contribution in [1.82, 2.24) is 0 Å². The molecule has 0 aromatic heterocycles. The van der Waals surface area contributed by atoms with Crippen molar-refractivity contribution in [2.75, 3.05) is 0 Å². The standard InChI is InChI=1S/C7H4N2O/c10-4-7-6-3-8-1-5(6)2-9-7/h1-4H/p+1. The SMILES string of the molecule is O=CC1=C2C=NC=C2C=N1.[H+]. The molecule has 0 aromatic carbocycles. The minimum atomic E-state index is 0. The van der Waals surface area contributed by atoms with E-state index in [1.165, 1.54) is 0 Å². The topological polar surface area (TPSA) is 41.8 Å². The van der Waals surface area contributed by atoms with Gasteiger partial charge in [-0.1, -0.05) is 0 Å². The van der Waals surface area contributed by atoms with E-state index in [0.717, 1.165) is 17.4 Å². The molecule has 3 nitrogen and oxygen atoms in total. The molecule has 0 spiro atoms. The van der Waals surface area contributed by atoms with E-state index in [-0.39, 0.29) is 1.43 Å². The second kappa shape index (κ2) is 1.73. The maximum atomic E-state index is 10.3. The lowest BCUT2D eigenvalue weighted by atomic mass is 10.1. The van der Waals surface area contributed by atoms with Gasteiger partial charge in [0.15, 0.2) is 6.29 Å². The number of carbonyl (C=O) groups excluding carboxylic acids is 1. The maximum absolute atomic E-state index is 10.3. The van der Waals surface area contributed by atoms with E-state index in [1.807, 2.05) is 0 Å². The fourth-order valence-corrected chi connectivity index (χ4v) is 0.956. The number of aldehydes is 1. The zero-order chi connectivity index (χ0) is 6.97. The molecule has 0 amide bonds. The van der Waals surface area contributed by atoms with Gasteiger partial charge in [0, 0.05) is 29.8 Å². The minimum absolute atomic E-state index is 0. The van der Waals surface area contributed by atoms with Crippen LogP contribution in [0.25, 0.3) is 0 Å². The fourth-order valence-electron chi connectivity index (χ4n) is 0.956. The van der Waals surface area contributed by atoms with E-state index in [0.29, 0.717) is 5.70 Å². The Hall–Kier alpha value is -1.51. The van der Waals surface area contributed by atoms with Gasteiger partial charge in [0.2, 0.25) is 0 Å². The summed E-state index contributed by atoms with van der Waals surface area (Å²) in [5, 5.41) is 0. The van der Waals surface area contributed by atoms with Crippen LogP contribution in [0.4, 0.5) is 0 Å². The van der Waals surface area contributed by atoms with Crippen molar-refractivity contribution in [3.8, 4) is 0 Å². The molecular formula is C7H5N2O+. The van der Waals surface area contributed by atoms with Crippen molar-refractivity contribution in [2.24, 2.45) is 9.98 Å². The van der Waals surface area contributed by atoms with Crippen LogP contribution < -0.4 is 0 Å². The molecule has 0 fully saturated rings. The lowest BCUT2D eigenvalue weighted by Gasteiger charge is -1.85. The highest BCUT2D eigenvalue weighted by molar-refractivity contribution is 6.09. The Morgan fingerprint density at radius 2 is 2.40 bits per heavy atom. The van der Waals surface area contributed by atoms with Crippen molar-refractivity contribution in [1.29, 1.82) is 0 Å². The van der Waals surface area contributed by atoms with Gasteiger partial charge in [0.25, 0.3) is 0 Å². The lowest BCUT2D eigenvalue weighted by Crippen LogP contribution is -1.85. The van der Waals surface area contributed by atoms with Crippen LogP contribution in [0.2, 0.25) is 0 Å². The summed E-state index contributed by atoms with van der Waals surface area (Å²) in [4.78, 5) is 18.0. The van der Waals surface area contributed by atoms with Crippen LogP contribution in [0.1, 0.15) is 1.43 Å². The summed E-state index contributed by atoms with van der Waals surface area (Å²) in [6.45, 7) is 0. The number of hydrogen-bond acceptors (Lipinski definition) is 3. The minimum Gasteiger partial charge on any atom is -0.296 e. The van der Waals surface area contributed by atoms with Crippen LogP contribution in [0.15, 0.2) is 33.0 Å². The molecule has 3 heteroatoms. The van der Waals surface area contributed by atoms with Gasteiger partial charge in [0.1, 0.15) is 5.70 Å². The number of carbonyl (C=O) groups is 1. The molecule has 10 heavy (non-hydrogen) atoms. The van der Waals surface area contributed by atoms with Gasteiger partial charge in [-0.25, -0.2) is 0 Å². The molecule has 0 N–H and O–H groups in total. The first-order valence-electron chi connectivity index (χ1n) is 2.89. The number of fused-ring (bicyclic) bond motifs is 1. The molecule has 2 aliphatic heterocycles. The molecular weight excluding hydrogens is 128 g/mol. The van der Waals surface area contributed by atoms with Gasteiger partial charge in [0.05, 0.1) is 0 Å². The highest BCUT2D eigenvalue weighted by Gasteiger charge is 2.15. The third kappa shape index (κ3) is 0.515. The lowest BCUT2D eigenvalue weighted by molar-refractivity contribution is -0.104. The normalized spacial score (nSPS) is 19.8. The molecule has 2 aliphatic rings. The summed E-state index contributed by atoms with van der Waals surface area (Å²) in [5.74, 6) is 0. The predicted octanol–water partition coefficient (Wildman–Crippen LogP) is 0.605. The summed E-state index contributed by atoms with van der Waals surface area (Å²) in [6, 6.07) is 0. The number of rotatable bonds is 1. The second-order valence-corrected chi connectivity index (χ2v) is 2.04. The highest BCUT2D eigenvalue weighted by Crippen LogP contribution is 2.21. The van der Waals surface area contributed by atoms with E-state index in [9.17, 15) is 4.79 Å². The Kier molecular flexibility index (Phi) is 0.917. The van der Waals surface area contributed by atoms with E-state index in [1.54, 1.807) is 18.6 Å². The molecule has 0 unspecified atom stereocenters. The molecule has 0 saturated heterocycles. The largest absolute Gasteiger partial charge is 1.00 e.